The summed E-state index contributed by atoms with van der Waals surface area (Å²) in [6, 6.07) is 13.1. The minimum atomic E-state index is -0.567. The number of carbonyl (C=O) groups excluding carboxylic acids is 3. The molecule has 0 unspecified atom stereocenters. The summed E-state index contributed by atoms with van der Waals surface area (Å²) >= 11 is 1.34. The van der Waals surface area contributed by atoms with Gasteiger partial charge in [0.2, 0.25) is 11.7 Å². The van der Waals surface area contributed by atoms with Crippen molar-refractivity contribution >= 4 is 29.0 Å². The second-order valence-corrected chi connectivity index (χ2v) is 7.96. The van der Waals surface area contributed by atoms with E-state index in [1.807, 2.05) is 36.4 Å². The first-order valence-electron chi connectivity index (χ1n) is 9.52. The lowest BCUT2D eigenvalue weighted by molar-refractivity contribution is -0.118. The lowest BCUT2D eigenvalue weighted by Crippen LogP contribution is -2.22. The molecule has 156 valence electrons. The van der Waals surface area contributed by atoms with E-state index < -0.39 is 5.97 Å². The van der Waals surface area contributed by atoms with Crippen molar-refractivity contribution in [2.24, 2.45) is 0 Å². The predicted molar refractivity (Wildman–Crippen MR) is 114 cm³/mol. The number of carbonyl (C=O) groups is 3. The Labute approximate surface area is 178 Å². The van der Waals surface area contributed by atoms with E-state index in [1.165, 1.54) is 18.3 Å². The molecule has 1 N–H and O–H groups in total. The van der Waals surface area contributed by atoms with Gasteiger partial charge in [-0.2, -0.15) is 5.10 Å². The largest absolute Gasteiger partial charge is 0.454 e. The number of ketones is 1. The Morgan fingerprint density at radius 1 is 1.10 bits per heavy atom. The molecule has 3 rings (SSSR count). The average Bonchev–Trinajstić information content (AvgIpc) is 3.30. The van der Waals surface area contributed by atoms with E-state index >= 15 is 0 Å². The maximum atomic E-state index is 12.6. The summed E-state index contributed by atoms with van der Waals surface area (Å²) in [6.07, 6.45) is 0.647. The van der Waals surface area contributed by atoms with Crippen LogP contribution in [0.4, 0.5) is 0 Å². The van der Waals surface area contributed by atoms with Crippen molar-refractivity contribution in [3.05, 3.63) is 69.2 Å². The number of aryl methyl sites for hydroxylation is 1. The first-order valence-corrected chi connectivity index (χ1v) is 10.3. The van der Waals surface area contributed by atoms with E-state index in [2.05, 4.69) is 10.4 Å². The number of hydrogen-bond donors (Lipinski definition) is 1. The fraction of sp³-hybridized carbons (Fsp3) is 0.273. The minimum absolute atomic E-state index is 0.0871. The van der Waals surface area contributed by atoms with Gasteiger partial charge in [0, 0.05) is 18.3 Å². The summed E-state index contributed by atoms with van der Waals surface area (Å²) in [5.74, 6) is -0.913. The highest BCUT2D eigenvalue weighted by molar-refractivity contribution is 7.14. The van der Waals surface area contributed by atoms with E-state index in [0.29, 0.717) is 34.8 Å². The molecule has 1 amide bonds. The number of hydrogen-bond acceptors (Lipinski definition) is 6. The standard InChI is InChI=1S/C22H23N3O4S/c1-14-21(15(2)25(24-14)17-7-5-4-6-8-17)22(28)29-13-19(27)20-10-9-18(30-20)11-12-23-16(3)26/h4-10H,11-13H2,1-3H3,(H,23,26). The molecule has 0 atom stereocenters. The van der Waals surface area contributed by atoms with Gasteiger partial charge < -0.3 is 10.1 Å². The van der Waals surface area contributed by atoms with Gasteiger partial charge >= 0.3 is 5.97 Å². The SMILES string of the molecule is CC(=O)NCCc1ccc(C(=O)COC(=O)c2c(C)nn(-c3ccccc3)c2C)s1. The summed E-state index contributed by atoms with van der Waals surface area (Å²) in [5.41, 5.74) is 2.42. The Balaban J connectivity index is 1.62. The molecule has 0 aliphatic heterocycles. The molecule has 0 saturated carbocycles. The van der Waals surface area contributed by atoms with Crippen LogP contribution in [-0.2, 0) is 16.0 Å². The van der Waals surface area contributed by atoms with Gasteiger partial charge in [0.1, 0.15) is 5.56 Å². The normalized spacial score (nSPS) is 10.6. The number of thiophene rings is 1. The van der Waals surface area contributed by atoms with Crippen LogP contribution in [0.3, 0.4) is 0 Å². The fourth-order valence-electron chi connectivity index (χ4n) is 3.06. The number of aromatic nitrogens is 2. The van der Waals surface area contributed by atoms with E-state index in [1.54, 1.807) is 24.6 Å². The summed E-state index contributed by atoms with van der Waals surface area (Å²) in [7, 11) is 0. The number of rotatable bonds is 8. The lowest BCUT2D eigenvalue weighted by Gasteiger charge is -2.06. The third kappa shape index (κ3) is 5.01. The summed E-state index contributed by atoms with van der Waals surface area (Å²) < 4.78 is 6.97. The number of amides is 1. The third-order valence-corrected chi connectivity index (χ3v) is 5.70. The summed E-state index contributed by atoms with van der Waals surface area (Å²) in [4.78, 5) is 37.5. The van der Waals surface area contributed by atoms with E-state index in [4.69, 9.17) is 4.74 Å². The van der Waals surface area contributed by atoms with Gasteiger partial charge in [-0.1, -0.05) is 18.2 Å². The van der Waals surface area contributed by atoms with Crippen LogP contribution in [0.1, 0.15) is 43.2 Å². The summed E-state index contributed by atoms with van der Waals surface area (Å²) in [6.45, 7) is 5.19. The maximum absolute atomic E-state index is 12.6. The van der Waals surface area contributed by atoms with Gasteiger partial charge in [-0.15, -0.1) is 11.3 Å². The Kier molecular flexibility index (Phi) is 6.79. The second kappa shape index (κ2) is 9.49. The van der Waals surface area contributed by atoms with Crippen molar-refractivity contribution in [1.82, 2.24) is 15.1 Å². The number of Topliss-reactive ketones (excluding diaryl/α,β-unsaturated/α-hetero) is 1. The van der Waals surface area contributed by atoms with Gasteiger partial charge in [0.15, 0.2) is 6.61 Å². The zero-order chi connectivity index (χ0) is 21.7. The number of benzene rings is 1. The third-order valence-electron chi connectivity index (χ3n) is 4.51. The van der Waals surface area contributed by atoms with Gasteiger partial charge in [0.05, 0.1) is 22.0 Å². The Hall–Kier alpha value is -3.26. The highest BCUT2D eigenvalue weighted by Crippen LogP contribution is 2.20. The molecular formula is C22H23N3O4S. The number of nitrogens with zero attached hydrogens (tertiary/aromatic N) is 2. The molecule has 0 aliphatic rings. The van der Waals surface area contributed by atoms with Gasteiger partial charge in [0.25, 0.3) is 0 Å². The maximum Gasteiger partial charge on any atom is 0.342 e. The molecule has 7 nitrogen and oxygen atoms in total. The van der Waals surface area contributed by atoms with Crippen molar-refractivity contribution in [3.63, 3.8) is 0 Å². The highest BCUT2D eigenvalue weighted by atomic mass is 32.1. The highest BCUT2D eigenvalue weighted by Gasteiger charge is 2.22. The van der Waals surface area contributed by atoms with Crippen LogP contribution in [0.15, 0.2) is 42.5 Å². The van der Waals surface area contributed by atoms with Crippen molar-refractivity contribution in [2.75, 3.05) is 13.2 Å². The minimum Gasteiger partial charge on any atom is -0.454 e. The quantitative estimate of drug-likeness (QED) is 0.442. The molecule has 30 heavy (non-hydrogen) atoms. The zero-order valence-corrected chi connectivity index (χ0v) is 17.9. The molecule has 2 aromatic heterocycles. The van der Waals surface area contributed by atoms with Gasteiger partial charge in [-0.3, -0.25) is 9.59 Å². The monoisotopic (exact) mass is 425 g/mol. The molecule has 0 saturated heterocycles. The molecular weight excluding hydrogens is 402 g/mol. The first-order chi connectivity index (χ1) is 14.4. The van der Waals surface area contributed by atoms with Gasteiger partial charge in [-0.25, -0.2) is 9.48 Å². The van der Waals surface area contributed by atoms with E-state index in [-0.39, 0.29) is 18.3 Å². The number of nitrogens with one attached hydrogen (secondary N) is 1. The molecule has 0 radical (unpaired) electrons. The van der Waals surface area contributed by atoms with Crippen LogP contribution in [0.2, 0.25) is 0 Å². The molecule has 0 spiro atoms. The van der Waals surface area contributed by atoms with Crippen LogP contribution in [0.25, 0.3) is 5.69 Å². The zero-order valence-electron chi connectivity index (χ0n) is 17.1. The average molecular weight is 426 g/mol. The van der Waals surface area contributed by atoms with Crippen LogP contribution >= 0.6 is 11.3 Å². The molecule has 0 fully saturated rings. The van der Waals surface area contributed by atoms with E-state index in [0.717, 1.165) is 10.6 Å². The molecule has 3 aromatic rings. The number of ether oxygens (including phenoxy) is 1. The van der Waals surface area contributed by atoms with Crippen LogP contribution in [0.5, 0.6) is 0 Å². The predicted octanol–water partition coefficient (Wildman–Crippen LogP) is 3.27. The number of para-hydroxylation sites is 1. The van der Waals surface area contributed by atoms with Crippen molar-refractivity contribution in [1.29, 1.82) is 0 Å². The Bertz CT molecular complexity index is 1070. The smallest absolute Gasteiger partial charge is 0.342 e. The van der Waals surface area contributed by atoms with Crippen LogP contribution in [-0.4, -0.2) is 40.6 Å². The van der Waals surface area contributed by atoms with E-state index in [9.17, 15) is 14.4 Å². The molecule has 2 heterocycles. The molecule has 1 aromatic carbocycles. The first kappa shape index (κ1) is 21.4. The number of esters is 1. The Morgan fingerprint density at radius 3 is 2.53 bits per heavy atom. The van der Waals surface area contributed by atoms with Crippen molar-refractivity contribution in [2.45, 2.75) is 27.2 Å². The van der Waals surface area contributed by atoms with Gasteiger partial charge in [-0.05, 0) is 44.5 Å². The Morgan fingerprint density at radius 2 is 1.83 bits per heavy atom. The molecule has 8 heteroatoms. The van der Waals surface area contributed by atoms with Crippen LogP contribution in [0, 0.1) is 13.8 Å². The van der Waals surface area contributed by atoms with Crippen molar-refractivity contribution < 1.29 is 19.1 Å². The topological polar surface area (TPSA) is 90.3 Å². The van der Waals surface area contributed by atoms with Crippen molar-refractivity contribution in [3.8, 4) is 5.69 Å². The molecule has 0 bridgehead atoms. The fourth-order valence-corrected chi connectivity index (χ4v) is 3.99. The van der Waals surface area contributed by atoms with Crippen LogP contribution < -0.4 is 5.32 Å². The lowest BCUT2D eigenvalue weighted by atomic mass is 10.2. The second-order valence-electron chi connectivity index (χ2n) is 6.79. The molecule has 0 aliphatic carbocycles. The summed E-state index contributed by atoms with van der Waals surface area (Å²) in [5, 5.41) is 7.15.